The molecule has 0 unspecified atom stereocenters. The van der Waals surface area contributed by atoms with E-state index in [2.05, 4.69) is 15.5 Å². The standard InChI is InChI=1S/C13H18ClN5O/c1-3-19-12(5-7-16-19)13(20)15-6-4-8-18-9-11(14)10(2)17-18/h5,7,9H,3-4,6,8H2,1-2H3,(H,15,20). The van der Waals surface area contributed by atoms with E-state index in [-0.39, 0.29) is 5.91 Å². The highest BCUT2D eigenvalue weighted by Gasteiger charge is 2.10. The first kappa shape index (κ1) is 14.6. The maximum Gasteiger partial charge on any atom is 0.269 e. The van der Waals surface area contributed by atoms with Crippen molar-refractivity contribution in [1.82, 2.24) is 24.9 Å². The average Bonchev–Trinajstić information content (AvgIpc) is 3.02. The lowest BCUT2D eigenvalue weighted by Gasteiger charge is -2.06. The van der Waals surface area contributed by atoms with Gasteiger partial charge in [-0.05, 0) is 26.3 Å². The van der Waals surface area contributed by atoms with Crippen molar-refractivity contribution in [3.05, 3.63) is 34.9 Å². The average molecular weight is 296 g/mol. The van der Waals surface area contributed by atoms with Gasteiger partial charge >= 0.3 is 0 Å². The minimum Gasteiger partial charge on any atom is -0.351 e. The number of rotatable bonds is 6. The Morgan fingerprint density at radius 2 is 2.30 bits per heavy atom. The van der Waals surface area contributed by atoms with Gasteiger partial charge in [-0.2, -0.15) is 10.2 Å². The molecule has 2 aromatic heterocycles. The SMILES string of the molecule is CCn1nccc1C(=O)NCCCn1cc(Cl)c(C)n1. The molecule has 0 aliphatic heterocycles. The molecule has 2 heterocycles. The van der Waals surface area contributed by atoms with E-state index < -0.39 is 0 Å². The van der Waals surface area contributed by atoms with Gasteiger partial charge in [-0.25, -0.2) is 0 Å². The lowest BCUT2D eigenvalue weighted by Crippen LogP contribution is -2.27. The summed E-state index contributed by atoms with van der Waals surface area (Å²) in [6, 6.07) is 1.72. The van der Waals surface area contributed by atoms with Gasteiger partial charge in [0, 0.05) is 32.0 Å². The molecular weight excluding hydrogens is 278 g/mol. The molecule has 0 atom stereocenters. The normalized spacial score (nSPS) is 10.8. The molecule has 1 amide bonds. The van der Waals surface area contributed by atoms with Crippen LogP contribution >= 0.6 is 11.6 Å². The van der Waals surface area contributed by atoms with Crippen LogP contribution < -0.4 is 5.32 Å². The van der Waals surface area contributed by atoms with Crippen LogP contribution in [0.4, 0.5) is 0 Å². The molecule has 0 aromatic carbocycles. The summed E-state index contributed by atoms with van der Waals surface area (Å²) < 4.78 is 3.46. The smallest absolute Gasteiger partial charge is 0.269 e. The second-order valence-electron chi connectivity index (χ2n) is 4.47. The fourth-order valence-electron chi connectivity index (χ4n) is 1.92. The van der Waals surface area contributed by atoms with Crippen molar-refractivity contribution in [2.24, 2.45) is 0 Å². The van der Waals surface area contributed by atoms with E-state index in [9.17, 15) is 4.79 Å². The van der Waals surface area contributed by atoms with Crippen LogP contribution in [0.5, 0.6) is 0 Å². The second-order valence-corrected chi connectivity index (χ2v) is 4.87. The number of amides is 1. The van der Waals surface area contributed by atoms with Crippen LogP contribution in [0.2, 0.25) is 5.02 Å². The number of hydrogen-bond donors (Lipinski definition) is 1. The van der Waals surface area contributed by atoms with Crippen molar-refractivity contribution < 1.29 is 4.79 Å². The van der Waals surface area contributed by atoms with Gasteiger partial charge in [-0.3, -0.25) is 14.2 Å². The van der Waals surface area contributed by atoms with Crippen molar-refractivity contribution >= 4 is 17.5 Å². The molecule has 108 valence electrons. The number of halogens is 1. The van der Waals surface area contributed by atoms with E-state index in [1.54, 1.807) is 27.8 Å². The maximum atomic E-state index is 11.9. The molecule has 7 heteroatoms. The minimum absolute atomic E-state index is 0.0981. The molecule has 2 aromatic rings. The molecule has 0 bridgehead atoms. The van der Waals surface area contributed by atoms with Gasteiger partial charge in [0.05, 0.1) is 10.7 Å². The van der Waals surface area contributed by atoms with Gasteiger partial charge in [-0.15, -0.1) is 0 Å². The third-order valence-electron chi connectivity index (χ3n) is 2.98. The Kier molecular flexibility index (Phi) is 4.79. The van der Waals surface area contributed by atoms with Gasteiger partial charge in [0.1, 0.15) is 5.69 Å². The summed E-state index contributed by atoms with van der Waals surface area (Å²) in [6.07, 6.45) is 4.22. The predicted octanol–water partition coefficient (Wildman–Crippen LogP) is 1.88. The molecule has 6 nitrogen and oxygen atoms in total. The topological polar surface area (TPSA) is 64.7 Å². The molecule has 20 heavy (non-hydrogen) atoms. The summed E-state index contributed by atoms with van der Waals surface area (Å²) in [5, 5.41) is 11.9. The van der Waals surface area contributed by atoms with Crippen LogP contribution in [0.1, 0.15) is 29.5 Å². The third kappa shape index (κ3) is 3.39. The van der Waals surface area contributed by atoms with E-state index in [0.29, 0.717) is 23.8 Å². The zero-order chi connectivity index (χ0) is 14.5. The van der Waals surface area contributed by atoms with Crippen LogP contribution in [-0.2, 0) is 13.1 Å². The fourth-order valence-corrected chi connectivity index (χ4v) is 2.07. The maximum absolute atomic E-state index is 11.9. The lowest BCUT2D eigenvalue weighted by atomic mass is 10.3. The number of aryl methyl sites for hydroxylation is 3. The predicted molar refractivity (Wildman–Crippen MR) is 76.8 cm³/mol. The molecule has 0 radical (unpaired) electrons. The van der Waals surface area contributed by atoms with Crippen molar-refractivity contribution in [2.45, 2.75) is 33.4 Å². The van der Waals surface area contributed by atoms with Crippen LogP contribution in [0.15, 0.2) is 18.5 Å². The molecule has 0 saturated carbocycles. The van der Waals surface area contributed by atoms with Gasteiger partial charge < -0.3 is 5.32 Å². The van der Waals surface area contributed by atoms with E-state index in [1.807, 2.05) is 13.8 Å². The summed E-state index contributed by atoms with van der Waals surface area (Å²) in [7, 11) is 0. The summed E-state index contributed by atoms with van der Waals surface area (Å²) in [5.41, 5.74) is 1.41. The zero-order valence-corrected chi connectivity index (χ0v) is 12.4. The Hall–Kier alpha value is -1.82. The molecular formula is C13H18ClN5O. The number of carbonyl (C=O) groups excluding carboxylic acids is 1. The van der Waals surface area contributed by atoms with Gasteiger partial charge in [0.25, 0.3) is 5.91 Å². The number of hydrogen-bond acceptors (Lipinski definition) is 3. The summed E-state index contributed by atoms with van der Waals surface area (Å²) in [5.74, 6) is -0.0981. The first-order chi connectivity index (χ1) is 9.61. The highest BCUT2D eigenvalue weighted by molar-refractivity contribution is 6.31. The molecule has 0 spiro atoms. The van der Waals surface area contributed by atoms with E-state index >= 15 is 0 Å². The fraction of sp³-hybridized carbons (Fsp3) is 0.462. The summed E-state index contributed by atoms with van der Waals surface area (Å²) in [6.45, 7) is 5.81. The van der Waals surface area contributed by atoms with E-state index in [1.165, 1.54) is 0 Å². The van der Waals surface area contributed by atoms with Gasteiger partial charge in [0.15, 0.2) is 0 Å². The van der Waals surface area contributed by atoms with Crippen LogP contribution in [0.3, 0.4) is 0 Å². The quantitative estimate of drug-likeness (QED) is 0.828. The van der Waals surface area contributed by atoms with E-state index in [0.717, 1.165) is 18.7 Å². The molecule has 0 fully saturated rings. The molecule has 0 saturated heterocycles. The first-order valence-corrected chi connectivity index (χ1v) is 6.99. The number of carbonyl (C=O) groups is 1. The lowest BCUT2D eigenvalue weighted by molar-refractivity contribution is 0.0942. The van der Waals surface area contributed by atoms with Crippen LogP contribution in [-0.4, -0.2) is 32.0 Å². The van der Waals surface area contributed by atoms with Crippen molar-refractivity contribution in [2.75, 3.05) is 6.54 Å². The van der Waals surface area contributed by atoms with E-state index in [4.69, 9.17) is 11.6 Å². The van der Waals surface area contributed by atoms with Gasteiger partial charge in [-0.1, -0.05) is 11.6 Å². The minimum atomic E-state index is -0.0981. The van der Waals surface area contributed by atoms with Crippen molar-refractivity contribution in [3.63, 3.8) is 0 Å². The Morgan fingerprint density at radius 3 is 2.95 bits per heavy atom. The zero-order valence-electron chi connectivity index (χ0n) is 11.6. The summed E-state index contributed by atoms with van der Waals surface area (Å²) in [4.78, 5) is 11.9. The van der Waals surface area contributed by atoms with Gasteiger partial charge in [0.2, 0.25) is 0 Å². The Balaban J connectivity index is 1.77. The molecule has 0 aliphatic carbocycles. The molecule has 0 aliphatic rings. The van der Waals surface area contributed by atoms with Crippen LogP contribution in [0.25, 0.3) is 0 Å². The highest BCUT2D eigenvalue weighted by Crippen LogP contribution is 2.11. The van der Waals surface area contributed by atoms with Crippen LogP contribution in [0, 0.1) is 6.92 Å². The Morgan fingerprint density at radius 1 is 1.50 bits per heavy atom. The Labute approximate surface area is 122 Å². The number of nitrogens with zero attached hydrogens (tertiary/aromatic N) is 4. The number of aromatic nitrogens is 4. The second kappa shape index (κ2) is 6.56. The molecule has 1 N–H and O–H groups in total. The third-order valence-corrected chi connectivity index (χ3v) is 3.36. The summed E-state index contributed by atoms with van der Waals surface area (Å²) >= 11 is 5.93. The van der Waals surface area contributed by atoms with Crippen molar-refractivity contribution in [3.8, 4) is 0 Å². The largest absolute Gasteiger partial charge is 0.351 e. The van der Waals surface area contributed by atoms with Crippen molar-refractivity contribution in [1.29, 1.82) is 0 Å². The monoisotopic (exact) mass is 295 g/mol. The molecule has 2 rings (SSSR count). The Bertz CT molecular complexity index is 570. The number of nitrogens with one attached hydrogen (secondary N) is 1. The highest BCUT2D eigenvalue weighted by atomic mass is 35.5. The first-order valence-electron chi connectivity index (χ1n) is 6.61.